The van der Waals surface area contributed by atoms with Crippen molar-refractivity contribution in [2.75, 3.05) is 24.2 Å². The monoisotopic (exact) mass is 233 g/mol. The predicted molar refractivity (Wildman–Crippen MR) is 69.6 cm³/mol. The van der Waals surface area contributed by atoms with Crippen LogP contribution in [0.3, 0.4) is 0 Å². The smallest absolute Gasteiger partial charge is 0.101 e. The van der Waals surface area contributed by atoms with Gasteiger partial charge in [0.25, 0.3) is 0 Å². The van der Waals surface area contributed by atoms with E-state index in [-0.39, 0.29) is 6.61 Å². The Labute approximate surface area is 102 Å². The van der Waals surface area contributed by atoms with E-state index in [4.69, 9.17) is 16.1 Å². The normalized spacial score (nSPS) is 9.88. The van der Waals surface area contributed by atoms with Crippen molar-refractivity contribution < 1.29 is 5.11 Å². The Hall–Kier alpha value is -1.73. The summed E-state index contributed by atoms with van der Waals surface area (Å²) in [6, 6.07) is 7.45. The molecular formula is C13H19N3O. The Kier molecular flexibility index (Phi) is 5.91. The minimum Gasteiger partial charge on any atom is -0.398 e. The number of nitrogens with zero attached hydrogens (tertiary/aromatic N) is 1. The van der Waals surface area contributed by atoms with Crippen molar-refractivity contribution in [1.29, 1.82) is 5.26 Å². The fraction of sp³-hybridized carbons (Fsp3) is 0.462. The number of nitriles is 1. The summed E-state index contributed by atoms with van der Waals surface area (Å²) in [5, 5.41) is 20.7. The van der Waals surface area contributed by atoms with Crippen LogP contribution in [-0.4, -0.2) is 18.3 Å². The predicted octanol–water partition coefficient (Wildman–Crippen LogP) is 2.11. The number of aliphatic hydroxyl groups is 1. The number of nitrogens with one attached hydrogen (secondary N) is 1. The first kappa shape index (κ1) is 13.3. The van der Waals surface area contributed by atoms with Gasteiger partial charge in [-0.15, -0.1) is 0 Å². The Morgan fingerprint density at radius 1 is 1.24 bits per heavy atom. The van der Waals surface area contributed by atoms with Crippen molar-refractivity contribution in [3.8, 4) is 6.07 Å². The van der Waals surface area contributed by atoms with E-state index in [1.807, 2.05) is 6.07 Å². The van der Waals surface area contributed by atoms with Crippen molar-refractivity contribution in [3.63, 3.8) is 0 Å². The Bertz CT molecular complexity index is 385. The molecule has 0 saturated carbocycles. The molecule has 0 aliphatic heterocycles. The second-order valence-corrected chi connectivity index (χ2v) is 3.98. The standard InChI is InChI=1S/C13H19N3O/c14-10-11-9-12(5-6-13(11)15)16-7-3-1-2-4-8-17/h5-6,9,16-17H,1-4,7-8,15H2. The largest absolute Gasteiger partial charge is 0.398 e. The highest BCUT2D eigenvalue weighted by molar-refractivity contribution is 5.61. The Morgan fingerprint density at radius 2 is 2.00 bits per heavy atom. The minimum atomic E-state index is 0.275. The van der Waals surface area contributed by atoms with E-state index in [0.29, 0.717) is 11.3 Å². The zero-order chi connectivity index (χ0) is 12.5. The molecule has 0 spiro atoms. The Balaban J connectivity index is 2.30. The minimum absolute atomic E-state index is 0.275. The number of anilines is 2. The van der Waals surface area contributed by atoms with Crippen molar-refractivity contribution >= 4 is 11.4 Å². The van der Waals surface area contributed by atoms with E-state index < -0.39 is 0 Å². The van der Waals surface area contributed by atoms with Crippen LogP contribution in [-0.2, 0) is 0 Å². The molecule has 1 aromatic carbocycles. The summed E-state index contributed by atoms with van der Waals surface area (Å²) >= 11 is 0. The quantitative estimate of drug-likeness (QED) is 0.497. The third-order valence-electron chi connectivity index (χ3n) is 2.59. The summed E-state index contributed by atoms with van der Waals surface area (Å²) < 4.78 is 0. The van der Waals surface area contributed by atoms with E-state index in [9.17, 15) is 0 Å². The number of unbranched alkanes of at least 4 members (excludes halogenated alkanes) is 3. The highest BCUT2D eigenvalue weighted by Gasteiger charge is 1.99. The number of nitrogens with two attached hydrogens (primary N) is 1. The Morgan fingerprint density at radius 3 is 2.71 bits per heavy atom. The summed E-state index contributed by atoms with van der Waals surface area (Å²) in [5.74, 6) is 0. The lowest BCUT2D eigenvalue weighted by Crippen LogP contribution is -2.02. The van der Waals surface area contributed by atoms with Crippen molar-refractivity contribution in [2.24, 2.45) is 0 Å². The third kappa shape index (κ3) is 4.75. The maximum atomic E-state index is 8.83. The first-order chi connectivity index (χ1) is 8.27. The van der Waals surface area contributed by atoms with Gasteiger partial charge in [-0.25, -0.2) is 0 Å². The van der Waals surface area contributed by atoms with Crippen LogP contribution in [0.5, 0.6) is 0 Å². The second kappa shape index (κ2) is 7.53. The number of nitrogen functional groups attached to an aromatic ring is 1. The molecule has 92 valence electrons. The lowest BCUT2D eigenvalue weighted by molar-refractivity contribution is 0.283. The van der Waals surface area contributed by atoms with E-state index in [2.05, 4.69) is 11.4 Å². The first-order valence-corrected chi connectivity index (χ1v) is 5.92. The SMILES string of the molecule is N#Cc1cc(NCCCCCCO)ccc1N. The molecule has 17 heavy (non-hydrogen) atoms. The van der Waals surface area contributed by atoms with Crippen LogP contribution >= 0.6 is 0 Å². The molecule has 1 aromatic rings. The van der Waals surface area contributed by atoms with Gasteiger partial charge in [0.1, 0.15) is 6.07 Å². The highest BCUT2D eigenvalue weighted by atomic mass is 16.2. The third-order valence-corrected chi connectivity index (χ3v) is 2.59. The molecule has 0 saturated heterocycles. The number of aliphatic hydroxyl groups excluding tert-OH is 1. The maximum absolute atomic E-state index is 8.83. The average molecular weight is 233 g/mol. The molecule has 0 aliphatic carbocycles. The van der Waals surface area contributed by atoms with E-state index in [1.165, 1.54) is 0 Å². The van der Waals surface area contributed by atoms with Crippen molar-refractivity contribution in [1.82, 2.24) is 0 Å². The molecule has 0 heterocycles. The highest BCUT2D eigenvalue weighted by Crippen LogP contribution is 2.16. The molecule has 4 nitrogen and oxygen atoms in total. The summed E-state index contributed by atoms with van der Waals surface area (Å²) in [7, 11) is 0. The zero-order valence-corrected chi connectivity index (χ0v) is 9.95. The van der Waals surface area contributed by atoms with Gasteiger partial charge in [0.2, 0.25) is 0 Å². The molecule has 0 radical (unpaired) electrons. The van der Waals surface area contributed by atoms with Crippen LogP contribution in [0.15, 0.2) is 18.2 Å². The van der Waals surface area contributed by atoms with Gasteiger partial charge in [0.05, 0.1) is 5.56 Å². The molecule has 0 aromatic heterocycles. The van der Waals surface area contributed by atoms with E-state index in [1.54, 1.807) is 12.1 Å². The second-order valence-electron chi connectivity index (χ2n) is 3.98. The lowest BCUT2D eigenvalue weighted by atomic mass is 10.1. The summed E-state index contributed by atoms with van der Waals surface area (Å²) in [6.07, 6.45) is 4.10. The fourth-order valence-electron chi connectivity index (χ4n) is 1.59. The van der Waals surface area contributed by atoms with Crippen molar-refractivity contribution in [3.05, 3.63) is 23.8 Å². The van der Waals surface area contributed by atoms with Gasteiger partial charge in [0.15, 0.2) is 0 Å². The van der Waals surface area contributed by atoms with Crippen LogP contribution in [0.25, 0.3) is 0 Å². The number of benzene rings is 1. The van der Waals surface area contributed by atoms with Gasteiger partial charge < -0.3 is 16.2 Å². The summed E-state index contributed by atoms with van der Waals surface area (Å²) in [6.45, 7) is 1.15. The number of hydrogen-bond donors (Lipinski definition) is 3. The average Bonchev–Trinajstić information content (AvgIpc) is 2.35. The maximum Gasteiger partial charge on any atom is 0.101 e. The van der Waals surface area contributed by atoms with Crippen LogP contribution in [0.1, 0.15) is 31.2 Å². The molecule has 1 rings (SSSR count). The number of hydrogen-bond acceptors (Lipinski definition) is 4. The van der Waals surface area contributed by atoms with E-state index in [0.717, 1.165) is 37.9 Å². The molecule has 0 fully saturated rings. The topological polar surface area (TPSA) is 82.1 Å². The van der Waals surface area contributed by atoms with Gasteiger partial charge in [0, 0.05) is 24.5 Å². The summed E-state index contributed by atoms with van der Waals surface area (Å²) in [5.41, 5.74) is 7.59. The van der Waals surface area contributed by atoms with Gasteiger partial charge in [-0.1, -0.05) is 12.8 Å². The van der Waals surface area contributed by atoms with Crippen LogP contribution in [0.2, 0.25) is 0 Å². The molecule has 4 heteroatoms. The van der Waals surface area contributed by atoms with Crippen molar-refractivity contribution in [2.45, 2.75) is 25.7 Å². The molecule has 0 bridgehead atoms. The lowest BCUT2D eigenvalue weighted by Gasteiger charge is -2.07. The molecule has 0 amide bonds. The molecule has 0 aliphatic rings. The fourth-order valence-corrected chi connectivity index (χ4v) is 1.59. The molecule has 4 N–H and O–H groups in total. The van der Waals surface area contributed by atoms with E-state index >= 15 is 0 Å². The summed E-state index contributed by atoms with van der Waals surface area (Å²) in [4.78, 5) is 0. The molecule has 0 atom stereocenters. The van der Waals surface area contributed by atoms with Gasteiger partial charge in [-0.2, -0.15) is 5.26 Å². The van der Waals surface area contributed by atoms with Crippen LogP contribution in [0, 0.1) is 11.3 Å². The van der Waals surface area contributed by atoms with Crippen LogP contribution in [0.4, 0.5) is 11.4 Å². The first-order valence-electron chi connectivity index (χ1n) is 5.92. The zero-order valence-electron chi connectivity index (χ0n) is 9.95. The molecular weight excluding hydrogens is 214 g/mol. The van der Waals surface area contributed by atoms with Crippen LogP contribution < -0.4 is 11.1 Å². The van der Waals surface area contributed by atoms with Gasteiger partial charge >= 0.3 is 0 Å². The van der Waals surface area contributed by atoms with Gasteiger partial charge in [-0.3, -0.25) is 0 Å². The van der Waals surface area contributed by atoms with Gasteiger partial charge in [-0.05, 0) is 31.0 Å². The number of rotatable bonds is 7. The molecule has 0 unspecified atom stereocenters.